The fourth-order valence-electron chi connectivity index (χ4n) is 2.61. The smallest absolute Gasteiger partial charge is 0.119 e. The van der Waals surface area contributed by atoms with Crippen molar-refractivity contribution in [2.24, 2.45) is 0 Å². The molecule has 1 saturated heterocycles. The molecule has 2 aromatic rings. The molecule has 3 rings (SSSR count). The Hall–Kier alpha value is -1.81. The molecule has 1 N–H and O–H groups in total. The number of hydrogen-bond acceptors (Lipinski definition) is 3. The van der Waals surface area contributed by atoms with E-state index in [0.29, 0.717) is 6.04 Å². The molecule has 2 heterocycles. The molecular weight excluding hydrogens is 238 g/mol. The lowest BCUT2D eigenvalue weighted by Gasteiger charge is -2.07. The molecule has 0 amide bonds. The molecule has 0 radical (unpaired) electrons. The van der Waals surface area contributed by atoms with Crippen molar-refractivity contribution in [2.75, 3.05) is 20.2 Å². The van der Waals surface area contributed by atoms with Crippen molar-refractivity contribution in [3.8, 4) is 16.9 Å². The summed E-state index contributed by atoms with van der Waals surface area (Å²) in [5.41, 5.74) is 3.42. The zero-order chi connectivity index (χ0) is 13.2. The van der Waals surface area contributed by atoms with Gasteiger partial charge in [-0.15, -0.1) is 0 Å². The number of rotatable bonds is 3. The van der Waals surface area contributed by atoms with Crippen LogP contribution in [-0.4, -0.2) is 30.0 Å². The van der Waals surface area contributed by atoms with Crippen molar-refractivity contribution in [1.82, 2.24) is 15.1 Å². The van der Waals surface area contributed by atoms with Crippen LogP contribution >= 0.6 is 0 Å². The van der Waals surface area contributed by atoms with Gasteiger partial charge in [0.25, 0.3) is 0 Å². The molecular formula is C15H19N3O. The zero-order valence-corrected chi connectivity index (χ0v) is 11.4. The quantitative estimate of drug-likeness (QED) is 0.917. The average molecular weight is 257 g/mol. The van der Waals surface area contributed by atoms with E-state index in [-0.39, 0.29) is 0 Å². The lowest BCUT2D eigenvalue weighted by atomic mass is 10.1. The van der Waals surface area contributed by atoms with Gasteiger partial charge in [-0.25, -0.2) is 0 Å². The third-order valence-corrected chi connectivity index (χ3v) is 3.71. The standard InChI is InChI=1S/C15H19N3O/c1-11-15(12-4-3-5-14(8-12)19-2)10-18(17-11)13-6-7-16-9-13/h3-5,8,10,13,16H,6-7,9H2,1-2H3. The Morgan fingerprint density at radius 3 is 3.05 bits per heavy atom. The van der Waals surface area contributed by atoms with Crippen LogP contribution in [0.3, 0.4) is 0 Å². The molecule has 0 saturated carbocycles. The van der Waals surface area contributed by atoms with Gasteiger partial charge in [0.2, 0.25) is 0 Å². The third kappa shape index (κ3) is 2.36. The van der Waals surface area contributed by atoms with Crippen LogP contribution in [0.1, 0.15) is 18.2 Å². The fourth-order valence-corrected chi connectivity index (χ4v) is 2.61. The molecule has 1 aromatic heterocycles. The van der Waals surface area contributed by atoms with Crippen LogP contribution < -0.4 is 10.1 Å². The second kappa shape index (κ2) is 5.05. The molecule has 100 valence electrons. The lowest BCUT2D eigenvalue weighted by molar-refractivity contribution is 0.415. The van der Waals surface area contributed by atoms with Crippen molar-refractivity contribution < 1.29 is 4.74 Å². The molecule has 4 nitrogen and oxygen atoms in total. The maximum absolute atomic E-state index is 5.29. The van der Waals surface area contributed by atoms with Crippen LogP contribution in [-0.2, 0) is 0 Å². The molecule has 0 bridgehead atoms. The Morgan fingerprint density at radius 2 is 2.32 bits per heavy atom. The molecule has 1 aliphatic heterocycles. The Labute approximate surface area is 113 Å². The second-order valence-electron chi connectivity index (χ2n) is 4.99. The van der Waals surface area contributed by atoms with Gasteiger partial charge in [-0.3, -0.25) is 4.68 Å². The van der Waals surface area contributed by atoms with Crippen LogP contribution in [0, 0.1) is 6.92 Å². The Kier molecular flexibility index (Phi) is 3.25. The van der Waals surface area contributed by atoms with Crippen molar-refractivity contribution in [1.29, 1.82) is 0 Å². The van der Waals surface area contributed by atoms with E-state index in [2.05, 4.69) is 40.4 Å². The van der Waals surface area contributed by atoms with Crippen molar-refractivity contribution in [3.05, 3.63) is 36.2 Å². The summed E-state index contributed by atoms with van der Waals surface area (Å²) in [6.45, 7) is 4.16. The third-order valence-electron chi connectivity index (χ3n) is 3.71. The summed E-state index contributed by atoms with van der Waals surface area (Å²) in [4.78, 5) is 0. The van der Waals surface area contributed by atoms with Crippen molar-refractivity contribution >= 4 is 0 Å². The number of benzene rings is 1. The number of nitrogens with one attached hydrogen (secondary N) is 1. The highest BCUT2D eigenvalue weighted by molar-refractivity contribution is 5.66. The second-order valence-corrected chi connectivity index (χ2v) is 4.99. The minimum absolute atomic E-state index is 0.484. The predicted octanol–water partition coefficient (Wildman–Crippen LogP) is 2.40. The van der Waals surface area contributed by atoms with E-state index in [0.717, 1.165) is 36.5 Å². The van der Waals surface area contributed by atoms with E-state index in [1.165, 1.54) is 5.56 Å². The minimum atomic E-state index is 0.484. The summed E-state index contributed by atoms with van der Waals surface area (Å²) >= 11 is 0. The molecule has 1 aliphatic rings. The van der Waals surface area contributed by atoms with E-state index >= 15 is 0 Å². The largest absolute Gasteiger partial charge is 0.497 e. The first-order valence-corrected chi connectivity index (χ1v) is 6.69. The minimum Gasteiger partial charge on any atom is -0.497 e. The van der Waals surface area contributed by atoms with Gasteiger partial charge in [0.05, 0.1) is 18.8 Å². The van der Waals surface area contributed by atoms with Crippen LogP contribution in [0.5, 0.6) is 5.75 Å². The monoisotopic (exact) mass is 257 g/mol. The first-order valence-electron chi connectivity index (χ1n) is 6.69. The van der Waals surface area contributed by atoms with E-state index in [1.807, 2.05) is 12.1 Å². The zero-order valence-electron chi connectivity index (χ0n) is 11.4. The predicted molar refractivity (Wildman–Crippen MR) is 75.5 cm³/mol. The number of aromatic nitrogens is 2. The molecule has 1 fully saturated rings. The first kappa shape index (κ1) is 12.2. The van der Waals surface area contributed by atoms with E-state index < -0.39 is 0 Å². The number of hydrogen-bond donors (Lipinski definition) is 1. The maximum atomic E-state index is 5.29. The Bertz CT molecular complexity index is 571. The normalized spacial score (nSPS) is 18.7. The van der Waals surface area contributed by atoms with Crippen molar-refractivity contribution in [2.45, 2.75) is 19.4 Å². The van der Waals surface area contributed by atoms with Gasteiger partial charge in [0.1, 0.15) is 5.75 Å². The highest BCUT2D eigenvalue weighted by atomic mass is 16.5. The van der Waals surface area contributed by atoms with Gasteiger partial charge in [-0.2, -0.15) is 5.10 Å². The molecule has 1 atom stereocenters. The van der Waals surface area contributed by atoms with Crippen LogP contribution in [0.2, 0.25) is 0 Å². The fraction of sp³-hybridized carbons (Fsp3) is 0.400. The topological polar surface area (TPSA) is 39.1 Å². The highest BCUT2D eigenvalue weighted by Crippen LogP contribution is 2.28. The van der Waals surface area contributed by atoms with Gasteiger partial charge in [-0.1, -0.05) is 12.1 Å². The molecule has 19 heavy (non-hydrogen) atoms. The summed E-state index contributed by atoms with van der Waals surface area (Å²) in [7, 11) is 1.69. The molecule has 0 aliphatic carbocycles. The Balaban J connectivity index is 1.95. The van der Waals surface area contributed by atoms with E-state index in [9.17, 15) is 0 Å². The summed E-state index contributed by atoms with van der Waals surface area (Å²) in [6, 6.07) is 8.62. The number of methoxy groups -OCH3 is 1. The van der Waals surface area contributed by atoms with E-state index in [4.69, 9.17) is 4.74 Å². The Morgan fingerprint density at radius 1 is 1.42 bits per heavy atom. The SMILES string of the molecule is COc1cccc(-c2cn(C3CCNC3)nc2C)c1. The molecule has 1 aromatic carbocycles. The summed E-state index contributed by atoms with van der Waals surface area (Å²) < 4.78 is 7.39. The van der Waals surface area contributed by atoms with Gasteiger partial charge in [0, 0.05) is 18.3 Å². The number of aryl methyl sites for hydroxylation is 1. The average Bonchev–Trinajstić information content (AvgIpc) is 3.07. The van der Waals surface area contributed by atoms with Gasteiger partial charge in [0.15, 0.2) is 0 Å². The summed E-state index contributed by atoms with van der Waals surface area (Å²) in [5.74, 6) is 0.882. The lowest BCUT2D eigenvalue weighted by Crippen LogP contribution is -2.13. The maximum Gasteiger partial charge on any atom is 0.119 e. The molecule has 1 unspecified atom stereocenters. The van der Waals surface area contributed by atoms with Crippen LogP contribution in [0.25, 0.3) is 11.1 Å². The first-order chi connectivity index (χ1) is 9.28. The number of ether oxygens (including phenoxy) is 1. The van der Waals surface area contributed by atoms with Crippen LogP contribution in [0.4, 0.5) is 0 Å². The summed E-state index contributed by atoms with van der Waals surface area (Å²) in [6.07, 6.45) is 3.31. The van der Waals surface area contributed by atoms with Gasteiger partial charge in [-0.05, 0) is 37.6 Å². The number of nitrogens with zero attached hydrogens (tertiary/aromatic N) is 2. The van der Waals surface area contributed by atoms with Gasteiger partial charge < -0.3 is 10.1 Å². The highest BCUT2D eigenvalue weighted by Gasteiger charge is 2.19. The van der Waals surface area contributed by atoms with Crippen molar-refractivity contribution in [3.63, 3.8) is 0 Å². The molecule has 0 spiro atoms. The molecule has 4 heteroatoms. The van der Waals surface area contributed by atoms with Crippen LogP contribution in [0.15, 0.2) is 30.5 Å². The van der Waals surface area contributed by atoms with Gasteiger partial charge >= 0.3 is 0 Å². The van der Waals surface area contributed by atoms with E-state index in [1.54, 1.807) is 7.11 Å². The summed E-state index contributed by atoms with van der Waals surface area (Å²) in [5, 5.41) is 8.04.